The summed E-state index contributed by atoms with van der Waals surface area (Å²) in [5.74, 6) is 0. The van der Waals surface area contributed by atoms with Gasteiger partial charge >= 0.3 is 0 Å². The van der Waals surface area contributed by atoms with Gasteiger partial charge in [0.25, 0.3) is 0 Å². The summed E-state index contributed by atoms with van der Waals surface area (Å²) in [5, 5.41) is 2.64. The molecule has 14 heavy (non-hydrogen) atoms. The molecule has 0 atom stereocenters. The van der Waals surface area contributed by atoms with Crippen molar-refractivity contribution in [3.63, 3.8) is 0 Å². The van der Waals surface area contributed by atoms with Crippen LogP contribution in [0.3, 0.4) is 0 Å². The number of aryl methyl sites for hydroxylation is 1. The molecule has 0 aliphatic heterocycles. The van der Waals surface area contributed by atoms with E-state index < -0.39 is 0 Å². The number of thiophene rings is 1. The van der Waals surface area contributed by atoms with E-state index in [-0.39, 0.29) is 0 Å². The molecule has 0 amide bonds. The van der Waals surface area contributed by atoms with Crippen LogP contribution in [0.2, 0.25) is 0 Å². The van der Waals surface area contributed by atoms with E-state index in [0.29, 0.717) is 0 Å². The van der Waals surface area contributed by atoms with Gasteiger partial charge in [-0.15, -0.1) is 11.3 Å². The van der Waals surface area contributed by atoms with Gasteiger partial charge in [-0.2, -0.15) is 0 Å². The number of hydrogen-bond donors (Lipinski definition) is 0. The number of rotatable bonds is 0. The van der Waals surface area contributed by atoms with Gasteiger partial charge in [0, 0.05) is 21.7 Å². The van der Waals surface area contributed by atoms with Crippen LogP contribution in [0.25, 0.3) is 20.3 Å². The molecule has 1 nitrogen and oxygen atoms in total. The van der Waals surface area contributed by atoms with E-state index in [2.05, 4.69) is 36.2 Å². The zero-order valence-corrected chi connectivity index (χ0v) is 8.64. The van der Waals surface area contributed by atoms with Crippen LogP contribution in [-0.2, 0) is 0 Å². The molecule has 3 rings (SSSR count). The van der Waals surface area contributed by atoms with Gasteiger partial charge in [-0.25, -0.2) is 4.98 Å². The number of pyridine rings is 1. The van der Waals surface area contributed by atoms with Crippen molar-refractivity contribution >= 4 is 31.6 Å². The summed E-state index contributed by atoms with van der Waals surface area (Å²) in [6.07, 6.45) is 1.85. The summed E-state index contributed by atoms with van der Waals surface area (Å²) in [6, 6.07) is 10.6. The molecule has 0 bridgehead atoms. The Morgan fingerprint density at radius 3 is 3.00 bits per heavy atom. The van der Waals surface area contributed by atoms with E-state index in [0.717, 1.165) is 4.83 Å². The molecule has 0 N–H and O–H groups in total. The van der Waals surface area contributed by atoms with Crippen molar-refractivity contribution in [2.45, 2.75) is 6.92 Å². The van der Waals surface area contributed by atoms with E-state index in [1.807, 2.05) is 12.3 Å². The average Bonchev–Trinajstić information content (AvgIpc) is 2.57. The Balaban J connectivity index is 2.65. The van der Waals surface area contributed by atoms with Crippen molar-refractivity contribution in [3.05, 3.63) is 42.1 Å². The van der Waals surface area contributed by atoms with Gasteiger partial charge in [0.05, 0.1) is 0 Å². The average molecular weight is 199 g/mol. The van der Waals surface area contributed by atoms with Crippen LogP contribution in [0.1, 0.15) is 5.56 Å². The summed E-state index contributed by atoms with van der Waals surface area (Å²) in [6.45, 7) is 2.15. The Morgan fingerprint density at radius 2 is 2.07 bits per heavy atom. The van der Waals surface area contributed by atoms with Crippen LogP contribution in [0.4, 0.5) is 0 Å². The van der Waals surface area contributed by atoms with Crippen LogP contribution in [0.15, 0.2) is 36.5 Å². The SMILES string of the molecule is Cc1cccc2sc3ncccc3c12. The molecule has 0 saturated heterocycles. The van der Waals surface area contributed by atoms with Crippen LogP contribution in [0.5, 0.6) is 0 Å². The van der Waals surface area contributed by atoms with E-state index in [1.54, 1.807) is 11.3 Å². The minimum Gasteiger partial charge on any atom is -0.245 e. The fourth-order valence-electron chi connectivity index (χ4n) is 1.84. The second kappa shape index (κ2) is 2.79. The summed E-state index contributed by atoms with van der Waals surface area (Å²) >= 11 is 1.76. The molecule has 0 saturated carbocycles. The lowest BCUT2D eigenvalue weighted by molar-refractivity contribution is 1.45. The molecule has 0 spiro atoms. The topological polar surface area (TPSA) is 12.9 Å². The smallest absolute Gasteiger partial charge is 0.124 e. The highest BCUT2D eigenvalue weighted by atomic mass is 32.1. The zero-order valence-electron chi connectivity index (χ0n) is 7.82. The first kappa shape index (κ1) is 7.94. The predicted molar refractivity (Wildman–Crippen MR) is 61.9 cm³/mol. The van der Waals surface area contributed by atoms with Crippen molar-refractivity contribution in [2.24, 2.45) is 0 Å². The first-order valence-electron chi connectivity index (χ1n) is 4.59. The first-order chi connectivity index (χ1) is 6.86. The Kier molecular flexibility index (Phi) is 1.58. The molecule has 0 fully saturated rings. The lowest BCUT2D eigenvalue weighted by Crippen LogP contribution is -1.73. The predicted octanol–water partition coefficient (Wildman–Crippen LogP) is 3.76. The molecular formula is C12H9NS. The third-order valence-electron chi connectivity index (χ3n) is 2.48. The maximum Gasteiger partial charge on any atom is 0.124 e. The number of hydrogen-bond acceptors (Lipinski definition) is 2. The van der Waals surface area contributed by atoms with Crippen molar-refractivity contribution in [1.82, 2.24) is 4.98 Å². The Morgan fingerprint density at radius 1 is 1.14 bits per heavy atom. The quantitative estimate of drug-likeness (QED) is 0.537. The molecular weight excluding hydrogens is 190 g/mol. The van der Waals surface area contributed by atoms with Gasteiger partial charge in [0.15, 0.2) is 0 Å². The molecule has 0 aliphatic rings. The lowest BCUT2D eigenvalue weighted by atomic mass is 10.1. The van der Waals surface area contributed by atoms with Crippen molar-refractivity contribution < 1.29 is 0 Å². The van der Waals surface area contributed by atoms with Gasteiger partial charge in [0.2, 0.25) is 0 Å². The fraction of sp³-hybridized carbons (Fsp3) is 0.0833. The largest absolute Gasteiger partial charge is 0.245 e. The summed E-state index contributed by atoms with van der Waals surface area (Å²) < 4.78 is 1.33. The number of nitrogens with zero attached hydrogens (tertiary/aromatic N) is 1. The van der Waals surface area contributed by atoms with E-state index in [9.17, 15) is 0 Å². The highest BCUT2D eigenvalue weighted by Crippen LogP contribution is 2.33. The lowest BCUT2D eigenvalue weighted by Gasteiger charge is -1.94. The second-order valence-electron chi connectivity index (χ2n) is 3.41. The van der Waals surface area contributed by atoms with Crippen LogP contribution < -0.4 is 0 Å². The molecule has 0 aliphatic carbocycles. The van der Waals surface area contributed by atoms with E-state index in [4.69, 9.17) is 0 Å². The van der Waals surface area contributed by atoms with Gasteiger partial charge in [0.1, 0.15) is 4.83 Å². The van der Waals surface area contributed by atoms with Crippen LogP contribution in [0, 0.1) is 6.92 Å². The highest BCUT2D eigenvalue weighted by Gasteiger charge is 2.06. The molecule has 0 unspecified atom stereocenters. The van der Waals surface area contributed by atoms with Gasteiger partial charge in [-0.3, -0.25) is 0 Å². The van der Waals surface area contributed by atoms with Crippen molar-refractivity contribution in [1.29, 1.82) is 0 Å². The third-order valence-corrected chi connectivity index (χ3v) is 3.56. The molecule has 2 aromatic heterocycles. The molecule has 2 heterocycles. The minimum atomic E-state index is 1.14. The number of benzene rings is 1. The Bertz CT molecular complexity index is 610. The molecule has 1 aromatic carbocycles. The van der Waals surface area contributed by atoms with Crippen LogP contribution in [-0.4, -0.2) is 4.98 Å². The van der Waals surface area contributed by atoms with Crippen molar-refractivity contribution in [3.8, 4) is 0 Å². The molecule has 2 heteroatoms. The Labute approximate surface area is 86.0 Å². The fourth-order valence-corrected chi connectivity index (χ4v) is 2.96. The monoisotopic (exact) mass is 199 g/mol. The highest BCUT2D eigenvalue weighted by molar-refractivity contribution is 7.25. The van der Waals surface area contributed by atoms with E-state index in [1.165, 1.54) is 21.0 Å². The minimum absolute atomic E-state index is 1.14. The maximum atomic E-state index is 4.38. The maximum absolute atomic E-state index is 4.38. The molecule has 68 valence electrons. The van der Waals surface area contributed by atoms with Crippen molar-refractivity contribution in [2.75, 3.05) is 0 Å². The number of aromatic nitrogens is 1. The van der Waals surface area contributed by atoms with Crippen LogP contribution >= 0.6 is 11.3 Å². The summed E-state index contributed by atoms with van der Waals surface area (Å²) in [5.41, 5.74) is 1.33. The number of fused-ring (bicyclic) bond motifs is 3. The zero-order chi connectivity index (χ0) is 9.54. The van der Waals surface area contributed by atoms with Gasteiger partial charge in [-0.1, -0.05) is 12.1 Å². The van der Waals surface area contributed by atoms with Gasteiger partial charge < -0.3 is 0 Å². The first-order valence-corrected chi connectivity index (χ1v) is 5.41. The molecule has 0 radical (unpaired) electrons. The standard InChI is InChI=1S/C12H9NS/c1-8-4-2-6-10-11(8)9-5-3-7-13-12(9)14-10/h2-7H,1H3. The summed E-state index contributed by atoms with van der Waals surface area (Å²) in [7, 11) is 0. The Hall–Kier alpha value is -1.41. The normalized spacial score (nSPS) is 11.2. The van der Waals surface area contributed by atoms with Gasteiger partial charge in [-0.05, 0) is 30.7 Å². The third kappa shape index (κ3) is 0.976. The van der Waals surface area contributed by atoms with E-state index >= 15 is 0 Å². The molecule has 3 aromatic rings. The summed E-state index contributed by atoms with van der Waals surface area (Å²) in [4.78, 5) is 5.51. The second-order valence-corrected chi connectivity index (χ2v) is 4.44.